The smallest absolute Gasteiger partial charge is 0.236 e. The molecule has 0 aromatic heterocycles. The normalized spacial score (nSPS) is 20.1. The molecule has 0 saturated carbocycles. The minimum Gasteiger partial charge on any atom is -0.466 e. The Hall–Kier alpha value is -1.57. The first kappa shape index (κ1) is 13.4. The van der Waals surface area contributed by atoms with E-state index >= 15 is 0 Å². The van der Waals surface area contributed by atoms with Crippen LogP contribution in [0.1, 0.15) is 11.1 Å². The van der Waals surface area contributed by atoms with Crippen molar-refractivity contribution in [1.29, 1.82) is 0 Å². The first-order valence-electron chi connectivity index (χ1n) is 5.79. The molecule has 3 rings (SSSR count). The summed E-state index contributed by atoms with van der Waals surface area (Å²) >= 11 is 7.35. The molecule has 1 amide bonds. The molecular weight excluding hydrogens is 302 g/mol. The Labute approximate surface area is 124 Å². The summed E-state index contributed by atoms with van der Waals surface area (Å²) in [5.41, 5.74) is 1.61. The van der Waals surface area contributed by atoms with E-state index < -0.39 is 0 Å². The van der Waals surface area contributed by atoms with Crippen LogP contribution in [-0.2, 0) is 16.1 Å². The van der Waals surface area contributed by atoms with Gasteiger partial charge in [0.25, 0.3) is 0 Å². The lowest BCUT2D eigenvalue weighted by molar-refractivity contribution is -0.116. The molecule has 1 N–H and O–H groups in total. The van der Waals surface area contributed by atoms with Crippen LogP contribution in [0.3, 0.4) is 0 Å². The van der Waals surface area contributed by atoms with Crippen LogP contribution in [-0.4, -0.2) is 29.8 Å². The fraction of sp³-hybridized carbons (Fsp3) is 0.250. The van der Waals surface area contributed by atoms with Crippen LogP contribution in [0.5, 0.6) is 5.75 Å². The largest absolute Gasteiger partial charge is 0.466 e. The van der Waals surface area contributed by atoms with Crippen molar-refractivity contribution in [3.05, 3.63) is 28.3 Å². The Morgan fingerprint density at radius 1 is 1.45 bits per heavy atom. The van der Waals surface area contributed by atoms with Gasteiger partial charge in [-0.05, 0) is 12.1 Å². The molecule has 20 heavy (non-hydrogen) atoms. The second-order valence-corrected chi connectivity index (χ2v) is 5.48. The summed E-state index contributed by atoms with van der Waals surface area (Å²) < 4.78 is 10.7. The molecule has 0 spiro atoms. The summed E-state index contributed by atoms with van der Waals surface area (Å²) in [7, 11) is 0. The van der Waals surface area contributed by atoms with Crippen molar-refractivity contribution in [2.45, 2.75) is 6.61 Å². The Balaban J connectivity index is 1.83. The van der Waals surface area contributed by atoms with Gasteiger partial charge in [0.15, 0.2) is 12.0 Å². The minimum atomic E-state index is -0.0652. The summed E-state index contributed by atoms with van der Waals surface area (Å²) in [4.78, 5) is 11.0. The molecule has 0 radical (unpaired) electrons. The van der Waals surface area contributed by atoms with Crippen LogP contribution in [0.15, 0.2) is 22.3 Å². The summed E-state index contributed by atoms with van der Waals surface area (Å²) in [5, 5.41) is 11.6. The number of nitrogens with one attached hydrogen (secondary N) is 1. The Morgan fingerprint density at radius 3 is 3.15 bits per heavy atom. The lowest BCUT2D eigenvalue weighted by Gasteiger charge is -2.19. The standard InChI is InChI=1S/C12H10ClN3O3S/c13-9-1-7(11-8(2-9)4-18-6-19-11)3-14-16-12-15-10(17)5-20-12/h1-3H,4-6H2,(H,15,16,17). The summed E-state index contributed by atoms with van der Waals surface area (Å²) in [5.74, 6) is 1.01. The average Bonchev–Trinajstić information content (AvgIpc) is 2.84. The number of ether oxygens (including phenoxy) is 2. The predicted octanol–water partition coefficient (Wildman–Crippen LogP) is 1.76. The monoisotopic (exact) mass is 311 g/mol. The number of thioether (sulfide) groups is 1. The molecule has 1 fully saturated rings. The lowest BCUT2D eigenvalue weighted by atomic mass is 10.1. The van der Waals surface area contributed by atoms with Crippen LogP contribution >= 0.6 is 23.4 Å². The summed E-state index contributed by atoms with van der Waals surface area (Å²) in [6, 6.07) is 3.54. The quantitative estimate of drug-likeness (QED) is 0.667. The van der Waals surface area contributed by atoms with Gasteiger partial charge in [-0.25, -0.2) is 0 Å². The fourth-order valence-electron chi connectivity index (χ4n) is 1.83. The van der Waals surface area contributed by atoms with Crippen molar-refractivity contribution >= 4 is 40.7 Å². The molecule has 0 unspecified atom stereocenters. The molecule has 104 valence electrons. The third kappa shape index (κ3) is 2.95. The Morgan fingerprint density at radius 2 is 2.35 bits per heavy atom. The molecule has 8 heteroatoms. The summed E-state index contributed by atoms with van der Waals surface area (Å²) in [6.07, 6.45) is 1.55. The first-order chi connectivity index (χ1) is 9.72. The van der Waals surface area contributed by atoms with Gasteiger partial charge in [0.2, 0.25) is 5.91 Å². The van der Waals surface area contributed by atoms with E-state index in [1.807, 2.05) is 0 Å². The molecule has 2 aliphatic heterocycles. The van der Waals surface area contributed by atoms with E-state index in [4.69, 9.17) is 21.1 Å². The molecular formula is C12H10ClN3O3S. The van der Waals surface area contributed by atoms with Gasteiger partial charge >= 0.3 is 0 Å². The number of amides is 1. The zero-order valence-corrected chi connectivity index (χ0v) is 11.8. The maximum atomic E-state index is 11.0. The highest BCUT2D eigenvalue weighted by atomic mass is 35.5. The third-order valence-electron chi connectivity index (χ3n) is 2.64. The zero-order valence-electron chi connectivity index (χ0n) is 10.3. The summed E-state index contributed by atoms with van der Waals surface area (Å²) in [6.45, 7) is 0.660. The molecule has 6 nitrogen and oxygen atoms in total. The van der Waals surface area contributed by atoms with Crippen LogP contribution in [0, 0.1) is 0 Å². The van der Waals surface area contributed by atoms with Crippen LogP contribution in [0.4, 0.5) is 0 Å². The maximum absolute atomic E-state index is 11.0. The third-order valence-corrected chi connectivity index (χ3v) is 3.72. The van der Waals surface area contributed by atoms with Crippen molar-refractivity contribution in [3.63, 3.8) is 0 Å². The van der Waals surface area contributed by atoms with Crippen molar-refractivity contribution in [2.75, 3.05) is 12.5 Å². The van der Waals surface area contributed by atoms with E-state index in [9.17, 15) is 4.79 Å². The number of hydrogen-bond acceptors (Lipinski definition) is 6. The highest BCUT2D eigenvalue weighted by Crippen LogP contribution is 2.30. The highest BCUT2D eigenvalue weighted by Gasteiger charge is 2.17. The van der Waals surface area contributed by atoms with E-state index in [1.165, 1.54) is 11.8 Å². The van der Waals surface area contributed by atoms with E-state index in [0.29, 0.717) is 28.3 Å². The number of rotatable bonds is 2. The topological polar surface area (TPSA) is 72.3 Å². The number of nitrogens with zero attached hydrogens (tertiary/aromatic N) is 2. The zero-order chi connectivity index (χ0) is 13.9. The van der Waals surface area contributed by atoms with Crippen molar-refractivity contribution in [1.82, 2.24) is 5.32 Å². The molecule has 1 aromatic carbocycles. The number of amidine groups is 1. The first-order valence-corrected chi connectivity index (χ1v) is 7.15. The van der Waals surface area contributed by atoms with E-state index in [-0.39, 0.29) is 12.7 Å². The molecule has 2 aliphatic rings. The molecule has 0 aliphatic carbocycles. The van der Waals surface area contributed by atoms with Gasteiger partial charge in [-0.2, -0.15) is 5.10 Å². The number of hydrogen-bond donors (Lipinski definition) is 1. The number of benzene rings is 1. The molecule has 0 atom stereocenters. The minimum absolute atomic E-state index is 0.0652. The SMILES string of the molecule is O=C1CSC(=NN=Cc2cc(Cl)cc3c2OCOC3)N1. The average molecular weight is 312 g/mol. The van der Waals surface area contributed by atoms with E-state index in [1.54, 1.807) is 18.3 Å². The van der Waals surface area contributed by atoms with Gasteiger partial charge in [-0.3, -0.25) is 4.79 Å². The fourth-order valence-corrected chi connectivity index (χ4v) is 2.71. The predicted molar refractivity (Wildman–Crippen MR) is 77.4 cm³/mol. The van der Waals surface area contributed by atoms with Gasteiger partial charge in [0.05, 0.1) is 18.6 Å². The van der Waals surface area contributed by atoms with Crippen molar-refractivity contribution < 1.29 is 14.3 Å². The Kier molecular flexibility index (Phi) is 3.90. The molecule has 0 bridgehead atoms. The van der Waals surface area contributed by atoms with E-state index in [0.717, 1.165) is 11.1 Å². The van der Waals surface area contributed by atoms with Crippen LogP contribution in [0.25, 0.3) is 0 Å². The van der Waals surface area contributed by atoms with Gasteiger partial charge in [0.1, 0.15) is 5.75 Å². The van der Waals surface area contributed by atoms with Gasteiger partial charge in [-0.15, -0.1) is 5.10 Å². The van der Waals surface area contributed by atoms with Crippen molar-refractivity contribution in [2.24, 2.45) is 10.2 Å². The molecule has 1 saturated heterocycles. The van der Waals surface area contributed by atoms with Crippen LogP contribution < -0.4 is 10.1 Å². The van der Waals surface area contributed by atoms with Gasteiger partial charge in [0, 0.05) is 16.1 Å². The Bertz CT molecular complexity index is 618. The number of carbonyl (C=O) groups is 1. The van der Waals surface area contributed by atoms with Gasteiger partial charge in [-0.1, -0.05) is 23.4 Å². The van der Waals surface area contributed by atoms with Crippen LogP contribution in [0.2, 0.25) is 5.02 Å². The number of fused-ring (bicyclic) bond motifs is 1. The second-order valence-electron chi connectivity index (χ2n) is 4.08. The molecule has 2 heterocycles. The maximum Gasteiger partial charge on any atom is 0.236 e. The molecule has 1 aromatic rings. The van der Waals surface area contributed by atoms with Gasteiger partial charge < -0.3 is 14.8 Å². The lowest BCUT2D eigenvalue weighted by Crippen LogP contribution is -2.19. The van der Waals surface area contributed by atoms with Crippen molar-refractivity contribution in [3.8, 4) is 5.75 Å². The second kappa shape index (κ2) is 5.82. The number of halogens is 1. The highest BCUT2D eigenvalue weighted by molar-refractivity contribution is 8.15. The number of carbonyl (C=O) groups excluding carboxylic acids is 1. The van der Waals surface area contributed by atoms with E-state index in [2.05, 4.69) is 15.5 Å².